The number of nitrogens with one attached hydrogen (secondary N) is 2. The van der Waals surface area contributed by atoms with E-state index in [-0.39, 0.29) is 38.9 Å². The molecule has 1 unspecified atom stereocenters. The van der Waals surface area contributed by atoms with Crippen molar-refractivity contribution in [1.82, 2.24) is 10.7 Å². The topological polar surface area (TPSA) is 197 Å². The van der Waals surface area contributed by atoms with Gasteiger partial charge in [-0.3, -0.25) is 23.4 Å². The first-order chi connectivity index (χ1) is 15.9. The van der Waals surface area contributed by atoms with Gasteiger partial charge in [-0.25, -0.2) is 14.8 Å². The summed E-state index contributed by atoms with van der Waals surface area (Å²) in [6.45, 7) is 4.06. The van der Waals surface area contributed by atoms with E-state index in [9.17, 15) is 28.6 Å². The van der Waals surface area contributed by atoms with Crippen LogP contribution in [0.25, 0.3) is 0 Å². The summed E-state index contributed by atoms with van der Waals surface area (Å²) in [5, 5.41) is 5.97. The third-order valence-electron chi connectivity index (χ3n) is 3.11. The average molecular weight is 513 g/mol. The molecule has 16 heteroatoms. The number of phosphoric acid groups is 1. The summed E-state index contributed by atoms with van der Waals surface area (Å²) in [6, 6.07) is 0. The highest BCUT2D eigenvalue weighted by atomic mass is 31.2. The minimum Gasteiger partial charge on any atom is -0.462 e. The van der Waals surface area contributed by atoms with Gasteiger partial charge in [0, 0.05) is 26.6 Å². The number of ether oxygens (including phenoxy) is 4. The number of amides is 2. The van der Waals surface area contributed by atoms with Gasteiger partial charge in [0.25, 0.3) is 5.91 Å². The van der Waals surface area contributed by atoms with Crippen LogP contribution in [0.4, 0.5) is 4.79 Å². The SMILES string of the molecule is CC(=O)OC[C@H](COP(=O)(O)OCCNC(=O)OCCOCC(=O)N/N=C/C(C)C)OC(C)=O. The molecule has 3 N–H and O–H groups in total. The molecule has 2 amide bonds. The highest BCUT2D eigenvalue weighted by molar-refractivity contribution is 7.47. The van der Waals surface area contributed by atoms with E-state index in [1.54, 1.807) is 6.21 Å². The Morgan fingerprint density at radius 1 is 1.00 bits per heavy atom. The van der Waals surface area contributed by atoms with Gasteiger partial charge in [0.2, 0.25) is 0 Å². The van der Waals surface area contributed by atoms with E-state index in [0.29, 0.717) is 0 Å². The fraction of sp³-hybridized carbons (Fsp3) is 0.722. The number of esters is 2. The van der Waals surface area contributed by atoms with E-state index in [1.165, 1.54) is 0 Å². The van der Waals surface area contributed by atoms with E-state index in [1.807, 2.05) is 13.8 Å². The van der Waals surface area contributed by atoms with Gasteiger partial charge in [-0.05, 0) is 5.92 Å². The summed E-state index contributed by atoms with van der Waals surface area (Å²) in [5.41, 5.74) is 2.27. The molecule has 34 heavy (non-hydrogen) atoms. The normalized spacial score (nSPS) is 13.7. The predicted octanol–water partition coefficient (Wildman–Crippen LogP) is 0.116. The number of nitrogens with zero attached hydrogens (tertiary/aromatic N) is 1. The Balaban J connectivity index is 3.98. The second-order valence-electron chi connectivity index (χ2n) is 6.80. The first-order valence-corrected chi connectivity index (χ1v) is 11.6. The summed E-state index contributed by atoms with van der Waals surface area (Å²) in [5.74, 6) is -1.61. The lowest BCUT2D eigenvalue weighted by Crippen LogP contribution is -2.30. The minimum absolute atomic E-state index is 0.0399. The molecule has 0 aromatic carbocycles. The molecule has 0 aromatic rings. The van der Waals surface area contributed by atoms with Crippen molar-refractivity contribution in [3.05, 3.63) is 0 Å². The summed E-state index contributed by atoms with van der Waals surface area (Å²) in [4.78, 5) is 54.4. The number of hydrazone groups is 1. The van der Waals surface area contributed by atoms with Crippen LogP contribution in [0.1, 0.15) is 27.7 Å². The fourth-order valence-corrected chi connectivity index (χ4v) is 2.54. The third kappa shape index (κ3) is 20.1. The molecule has 15 nitrogen and oxygen atoms in total. The maximum Gasteiger partial charge on any atom is 0.472 e. The lowest BCUT2D eigenvalue weighted by molar-refractivity contribution is -0.158. The average Bonchev–Trinajstić information content (AvgIpc) is 2.72. The molecule has 0 aromatic heterocycles. The van der Waals surface area contributed by atoms with Crippen LogP contribution in [-0.4, -0.2) is 87.3 Å². The number of alkyl carbamates (subject to hydrolysis) is 1. The monoisotopic (exact) mass is 513 g/mol. The predicted molar refractivity (Wildman–Crippen MR) is 116 cm³/mol. The van der Waals surface area contributed by atoms with E-state index < -0.39 is 51.1 Å². The molecular weight excluding hydrogens is 481 g/mol. The van der Waals surface area contributed by atoms with Gasteiger partial charge in [0.05, 0.1) is 19.8 Å². The van der Waals surface area contributed by atoms with Crippen LogP contribution >= 0.6 is 7.82 Å². The van der Waals surface area contributed by atoms with Crippen molar-refractivity contribution in [1.29, 1.82) is 0 Å². The smallest absolute Gasteiger partial charge is 0.462 e. The molecule has 0 aliphatic rings. The maximum atomic E-state index is 11.8. The van der Waals surface area contributed by atoms with Gasteiger partial charge < -0.3 is 29.2 Å². The van der Waals surface area contributed by atoms with Crippen LogP contribution in [-0.2, 0) is 46.9 Å². The third-order valence-corrected chi connectivity index (χ3v) is 4.09. The number of hydrogen-bond donors (Lipinski definition) is 3. The lowest BCUT2D eigenvalue weighted by atomic mass is 10.3. The van der Waals surface area contributed by atoms with Crippen LogP contribution in [0.5, 0.6) is 0 Å². The lowest BCUT2D eigenvalue weighted by Gasteiger charge is -2.18. The van der Waals surface area contributed by atoms with Gasteiger partial charge in [-0.1, -0.05) is 13.8 Å². The highest BCUT2D eigenvalue weighted by Crippen LogP contribution is 2.43. The van der Waals surface area contributed by atoms with Crippen molar-refractivity contribution < 1.29 is 56.6 Å². The summed E-state index contributed by atoms with van der Waals surface area (Å²) in [7, 11) is -4.54. The Bertz CT molecular complexity index is 731. The van der Waals surface area contributed by atoms with Gasteiger partial charge in [0.1, 0.15) is 19.8 Å². The molecule has 0 aliphatic carbocycles. The van der Waals surface area contributed by atoms with Crippen molar-refractivity contribution in [2.24, 2.45) is 11.0 Å². The molecule has 0 radical (unpaired) electrons. The largest absolute Gasteiger partial charge is 0.472 e. The Hall–Kier alpha value is -2.58. The number of carbonyl (C=O) groups excluding carboxylic acids is 4. The highest BCUT2D eigenvalue weighted by Gasteiger charge is 2.25. The van der Waals surface area contributed by atoms with Crippen LogP contribution in [0, 0.1) is 5.92 Å². The summed E-state index contributed by atoms with van der Waals surface area (Å²) in [6.07, 6.45) is -0.398. The zero-order valence-corrected chi connectivity index (χ0v) is 20.4. The summed E-state index contributed by atoms with van der Waals surface area (Å²) < 4.78 is 40.5. The van der Waals surface area contributed by atoms with Crippen molar-refractivity contribution in [2.75, 3.05) is 46.2 Å². The zero-order valence-electron chi connectivity index (χ0n) is 19.5. The molecule has 0 saturated carbocycles. The Labute approximate surface area is 197 Å². The number of rotatable bonds is 17. The van der Waals surface area contributed by atoms with E-state index >= 15 is 0 Å². The first kappa shape index (κ1) is 31.4. The van der Waals surface area contributed by atoms with Crippen LogP contribution in [0.3, 0.4) is 0 Å². The number of carbonyl (C=O) groups is 4. The first-order valence-electron chi connectivity index (χ1n) is 10.1. The summed E-state index contributed by atoms with van der Waals surface area (Å²) >= 11 is 0. The van der Waals surface area contributed by atoms with E-state index in [2.05, 4.69) is 25.1 Å². The molecule has 0 saturated heterocycles. The molecule has 2 atom stereocenters. The molecule has 0 fully saturated rings. The van der Waals surface area contributed by atoms with Gasteiger partial charge >= 0.3 is 25.9 Å². The molecule has 0 spiro atoms. The van der Waals surface area contributed by atoms with Gasteiger partial charge in [-0.15, -0.1) is 0 Å². The van der Waals surface area contributed by atoms with Crippen molar-refractivity contribution >= 4 is 38.0 Å². The standard InChI is InChI=1S/C18H32N3O12P/c1-13(2)9-20-21-17(24)12-28-7-8-29-18(25)19-5-6-31-34(26,27)32-11-16(33-15(4)23)10-30-14(3)22/h9,13,16H,5-8,10-12H2,1-4H3,(H,19,25)(H,21,24)(H,26,27)/b20-9+/t16-/m1/s1. The molecule has 0 rings (SSSR count). The second kappa shape index (κ2) is 17.8. The Kier molecular flexibility index (Phi) is 16.5. The van der Waals surface area contributed by atoms with Gasteiger partial charge in [0.15, 0.2) is 6.10 Å². The van der Waals surface area contributed by atoms with Crippen molar-refractivity contribution in [2.45, 2.75) is 33.8 Å². The van der Waals surface area contributed by atoms with Gasteiger partial charge in [-0.2, -0.15) is 5.10 Å². The fourth-order valence-electron chi connectivity index (χ4n) is 1.79. The van der Waals surface area contributed by atoms with E-state index in [0.717, 1.165) is 13.8 Å². The van der Waals surface area contributed by atoms with E-state index in [4.69, 9.17) is 18.7 Å². The molecule has 0 bridgehead atoms. The number of phosphoric ester groups is 1. The second-order valence-corrected chi connectivity index (χ2v) is 8.26. The van der Waals surface area contributed by atoms with Crippen molar-refractivity contribution in [3.8, 4) is 0 Å². The quantitative estimate of drug-likeness (QED) is 0.0594. The molecule has 0 aliphatic heterocycles. The Morgan fingerprint density at radius 2 is 1.71 bits per heavy atom. The zero-order chi connectivity index (χ0) is 26.0. The van der Waals surface area contributed by atoms with Crippen molar-refractivity contribution in [3.63, 3.8) is 0 Å². The van der Waals surface area contributed by atoms with Crippen LogP contribution in [0.15, 0.2) is 5.10 Å². The molecular formula is C18H32N3O12P. The maximum absolute atomic E-state index is 11.8. The Morgan fingerprint density at radius 3 is 2.32 bits per heavy atom. The van der Waals surface area contributed by atoms with Crippen LogP contribution in [0.2, 0.25) is 0 Å². The molecule has 0 heterocycles. The molecule has 196 valence electrons. The minimum atomic E-state index is -4.54. The van der Waals surface area contributed by atoms with Crippen LogP contribution < -0.4 is 10.7 Å². The number of hydrogen-bond acceptors (Lipinski definition) is 12.